The molecule has 1 unspecified atom stereocenters. The predicted octanol–water partition coefficient (Wildman–Crippen LogP) is 6.59. The molecule has 4 aromatic rings. The first-order valence-corrected chi connectivity index (χ1v) is 17.2. The summed E-state index contributed by atoms with van der Waals surface area (Å²) < 4.78 is 11.2. The lowest BCUT2D eigenvalue weighted by Crippen LogP contribution is -2.58. The van der Waals surface area contributed by atoms with Gasteiger partial charge >= 0.3 is 5.97 Å². The van der Waals surface area contributed by atoms with Gasteiger partial charge in [-0.1, -0.05) is 57.2 Å². The number of carboxylic acids is 1. The number of carboxylic acid groups (broad SMARTS) is 1. The molecule has 1 aliphatic rings. The number of aromatic nitrogens is 2. The molecule has 10 heteroatoms. The van der Waals surface area contributed by atoms with Crippen LogP contribution in [0.5, 0.6) is 11.5 Å². The van der Waals surface area contributed by atoms with E-state index in [1.54, 1.807) is 36.2 Å². The van der Waals surface area contributed by atoms with Crippen molar-refractivity contribution in [3.8, 4) is 34.0 Å². The summed E-state index contributed by atoms with van der Waals surface area (Å²) in [7, 11) is 1.75. The van der Waals surface area contributed by atoms with Crippen LogP contribution >= 0.6 is 0 Å². The van der Waals surface area contributed by atoms with E-state index in [1.807, 2.05) is 60.9 Å². The van der Waals surface area contributed by atoms with Gasteiger partial charge in [-0.25, -0.2) is 9.97 Å². The molecule has 0 bridgehead atoms. The molecule has 1 aromatic heterocycles. The molecule has 1 atom stereocenters. The highest BCUT2D eigenvalue weighted by atomic mass is 16.5. The van der Waals surface area contributed by atoms with Gasteiger partial charge in [0.2, 0.25) is 5.91 Å². The third kappa shape index (κ3) is 11.2. The largest absolute Gasteiger partial charge is 0.494 e. The average molecular weight is 681 g/mol. The first kappa shape index (κ1) is 37.7. The minimum Gasteiger partial charge on any atom is -0.494 e. The van der Waals surface area contributed by atoms with Crippen molar-refractivity contribution in [3.63, 3.8) is 0 Å². The molecule has 1 saturated heterocycles. The number of carbonyl (C=O) groups is 3. The standard InChI is InChI=1S/C30H36N4O4.C10H12O2/c1-20(2)5-4-14-38-26-12-10-22(11-13-26)24-16-32-28(33-17-24)23-8-6-21(7-9-23)15-27(31-3)29(35)34-18-25(19-34)30(36)37;1-2-7-12-10-5-3-9(8-11)4-6-10/h6-13,16-17,20,25,27,31H,4-5,14-15,18-19H2,1-3H3,(H,36,37);3-6,8H,2,7H2,1H3. The van der Waals surface area contributed by atoms with Crippen molar-refractivity contribution in [2.75, 3.05) is 33.4 Å². The van der Waals surface area contributed by atoms with E-state index in [1.165, 1.54) is 0 Å². The van der Waals surface area contributed by atoms with E-state index in [-0.39, 0.29) is 19.0 Å². The number of carbonyl (C=O) groups excluding carboxylic acids is 2. The number of aldehydes is 1. The highest BCUT2D eigenvalue weighted by Crippen LogP contribution is 2.24. The van der Waals surface area contributed by atoms with Gasteiger partial charge in [0.15, 0.2) is 5.82 Å². The molecule has 1 aliphatic heterocycles. The van der Waals surface area contributed by atoms with Crippen molar-refractivity contribution < 1.29 is 29.0 Å². The van der Waals surface area contributed by atoms with E-state index in [9.17, 15) is 14.4 Å². The summed E-state index contributed by atoms with van der Waals surface area (Å²) in [6, 6.07) is 22.6. The fourth-order valence-electron chi connectivity index (χ4n) is 5.29. The minimum absolute atomic E-state index is 0.0706. The molecule has 0 saturated carbocycles. The van der Waals surface area contributed by atoms with Crippen LogP contribution in [0, 0.1) is 11.8 Å². The van der Waals surface area contributed by atoms with Crippen molar-refractivity contribution in [3.05, 3.63) is 96.3 Å². The number of nitrogens with zero attached hydrogens (tertiary/aromatic N) is 3. The molecule has 10 nitrogen and oxygen atoms in total. The van der Waals surface area contributed by atoms with Crippen LogP contribution in [0.4, 0.5) is 0 Å². The summed E-state index contributed by atoms with van der Waals surface area (Å²) in [5, 5.41) is 12.1. The van der Waals surface area contributed by atoms with Crippen molar-refractivity contribution in [1.29, 1.82) is 0 Å². The Morgan fingerprint density at radius 2 is 1.46 bits per heavy atom. The number of aliphatic carboxylic acids is 1. The molecule has 264 valence electrons. The topological polar surface area (TPSA) is 131 Å². The Morgan fingerprint density at radius 3 is 2.00 bits per heavy atom. The van der Waals surface area contributed by atoms with Gasteiger partial charge in [-0.3, -0.25) is 14.4 Å². The van der Waals surface area contributed by atoms with Crippen LogP contribution in [-0.2, 0) is 16.0 Å². The predicted molar refractivity (Wildman–Crippen MR) is 194 cm³/mol. The quantitative estimate of drug-likeness (QED) is 0.0995. The Bertz CT molecular complexity index is 1640. The van der Waals surface area contributed by atoms with Crippen LogP contribution in [0.1, 0.15) is 56.0 Å². The summed E-state index contributed by atoms with van der Waals surface area (Å²) >= 11 is 0. The van der Waals surface area contributed by atoms with Crippen LogP contribution in [0.25, 0.3) is 22.5 Å². The smallest absolute Gasteiger partial charge is 0.310 e. The van der Waals surface area contributed by atoms with Crippen LogP contribution in [0.15, 0.2) is 85.2 Å². The maximum absolute atomic E-state index is 12.7. The van der Waals surface area contributed by atoms with Crippen molar-refractivity contribution in [2.24, 2.45) is 11.8 Å². The van der Waals surface area contributed by atoms with Gasteiger partial charge in [0, 0.05) is 42.2 Å². The van der Waals surface area contributed by atoms with E-state index in [0.717, 1.165) is 72.5 Å². The molecule has 1 fully saturated rings. The average Bonchev–Trinajstić information content (AvgIpc) is 3.11. The number of ether oxygens (including phenoxy) is 2. The summed E-state index contributed by atoms with van der Waals surface area (Å²) in [5.41, 5.74) is 4.54. The number of benzene rings is 3. The Labute approximate surface area is 294 Å². The maximum Gasteiger partial charge on any atom is 0.310 e. The summed E-state index contributed by atoms with van der Waals surface area (Å²) in [4.78, 5) is 44.7. The molecule has 0 spiro atoms. The van der Waals surface area contributed by atoms with Crippen LogP contribution in [0.2, 0.25) is 0 Å². The van der Waals surface area contributed by atoms with Crippen molar-refractivity contribution in [1.82, 2.24) is 20.2 Å². The highest BCUT2D eigenvalue weighted by Gasteiger charge is 2.37. The maximum atomic E-state index is 12.7. The molecule has 0 radical (unpaired) electrons. The lowest BCUT2D eigenvalue weighted by molar-refractivity contribution is -0.153. The SMILES string of the molecule is CCCOc1ccc(C=O)cc1.CNC(Cc1ccc(-c2ncc(-c3ccc(OCCCC(C)C)cc3)cn2)cc1)C(=O)N1CC(C(=O)O)C1. The zero-order valence-electron chi connectivity index (χ0n) is 29.4. The van der Waals surface area contributed by atoms with Gasteiger partial charge < -0.3 is 24.8 Å². The van der Waals surface area contributed by atoms with Gasteiger partial charge in [0.1, 0.15) is 17.8 Å². The Morgan fingerprint density at radius 1 is 0.880 bits per heavy atom. The van der Waals surface area contributed by atoms with Crippen LogP contribution in [0.3, 0.4) is 0 Å². The molecular weight excluding hydrogens is 632 g/mol. The number of likely N-dealkylation sites (tertiary alicyclic amines) is 1. The molecule has 2 heterocycles. The Balaban J connectivity index is 0.000000396. The third-order valence-corrected chi connectivity index (χ3v) is 8.36. The van der Waals surface area contributed by atoms with E-state index in [0.29, 0.717) is 23.7 Å². The van der Waals surface area contributed by atoms with Gasteiger partial charge in [-0.2, -0.15) is 0 Å². The second-order valence-electron chi connectivity index (χ2n) is 12.8. The first-order chi connectivity index (χ1) is 24.2. The van der Waals surface area contributed by atoms with Gasteiger partial charge in [-0.15, -0.1) is 0 Å². The van der Waals surface area contributed by atoms with E-state index in [4.69, 9.17) is 14.6 Å². The van der Waals surface area contributed by atoms with E-state index >= 15 is 0 Å². The van der Waals surface area contributed by atoms with Gasteiger partial charge in [0.05, 0.1) is 25.2 Å². The Kier molecular flexibility index (Phi) is 14.5. The normalized spacial score (nSPS) is 13.1. The number of hydrogen-bond acceptors (Lipinski definition) is 8. The molecule has 3 aromatic carbocycles. The van der Waals surface area contributed by atoms with E-state index in [2.05, 4.69) is 36.1 Å². The van der Waals surface area contributed by atoms with Crippen molar-refractivity contribution in [2.45, 2.75) is 52.5 Å². The summed E-state index contributed by atoms with van der Waals surface area (Å²) in [6.07, 6.45) is 8.19. The molecule has 0 aliphatic carbocycles. The number of rotatable bonds is 16. The number of likely N-dealkylation sites (N-methyl/N-ethyl adjacent to an activating group) is 1. The third-order valence-electron chi connectivity index (χ3n) is 8.36. The molecule has 5 rings (SSSR count). The van der Waals surface area contributed by atoms with Gasteiger partial charge in [-0.05, 0) is 86.2 Å². The number of nitrogens with one attached hydrogen (secondary N) is 1. The fourth-order valence-corrected chi connectivity index (χ4v) is 5.29. The summed E-state index contributed by atoms with van der Waals surface area (Å²) in [6.45, 7) is 8.49. The van der Waals surface area contributed by atoms with Crippen LogP contribution in [-0.4, -0.2) is 77.5 Å². The lowest BCUT2D eigenvalue weighted by atomic mass is 9.97. The zero-order chi connectivity index (χ0) is 35.9. The Hall–Kier alpha value is -5.09. The highest BCUT2D eigenvalue weighted by molar-refractivity contribution is 5.85. The van der Waals surface area contributed by atoms with Crippen LogP contribution < -0.4 is 14.8 Å². The number of hydrogen-bond donors (Lipinski definition) is 2. The number of amides is 1. The second-order valence-corrected chi connectivity index (χ2v) is 12.8. The lowest BCUT2D eigenvalue weighted by Gasteiger charge is -2.38. The zero-order valence-corrected chi connectivity index (χ0v) is 29.4. The van der Waals surface area contributed by atoms with Gasteiger partial charge in [0.25, 0.3) is 0 Å². The molecular formula is C40H48N4O6. The minimum atomic E-state index is -0.851. The summed E-state index contributed by atoms with van der Waals surface area (Å²) in [5.74, 6) is 1.63. The van der Waals surface area contributed by atoms with Crippen molar-refractivity contribution >= 4 is 18.2 Å². The van der Waals surface area contributed by atoms with E-state index < -0.39 is 17.9 Å². The monoisotopic (exact) mass is 680 g/mol. The molecule has 2 N–H and O–H groups in total. The second kappa shape index (κ2) is 19.2. The molecule has 1 amide bonds. The first-order valence-electron chi connectivity index (χ1n) is 17.2. The molecule has 50 heavy (non-hydrogen) atoms. The fraction of sp³-hybridized carbons (Fsp3) is 0.375.